The molecule has 1 aromatic carbocycles. The summed E-state index contributed by atoms with van der Waals surface area (Å²) in [6, 6.07) is 9.41. The van der Waals surface area contributed by atoms with Crippen LogP contribution in [0, 0.1) is 0 Å². The summed E-state index contributed by atoms with van der Waals surface area (Å²) in [6.07, 6.45) is 5.12. The van der Waals surface area contributed by atoms with Crippen LogP contribution in [0.3, 0.4) is 0 Å². The first-order valence-electron chi connectivity index (χ1n) is 10.4. The zero-order valence-corrected chi connectivity index (χ0v) is 20.6. The third-order valence-electron chi connectivity index (χ3n) is 5.30. The number of carbonyl (C=O) groups excluding carboxylic acids is 2. The summed E-state index contributed by atoms with van der Waals surface area (Å²) in [7, 11) is 0. The van der Waals surface area contributed by atoms with Gasteiger partial charge >= 0.3 is 0 Å². The molecule has 3 N–H and O–H groups in total. The maximum absolute atomic E-state index is 12.3. The Bertz CT molecular complexity index is 1340. The topological polar surface area (TPSA) is 125 Å². The van der Waals surface area contributed by atoms with Crippen molar-refractivity contribution < 1.29 is 14.4 Å². The molecule has 5 rings (SSSR count). The van der Waals surface area contributed by atoms with Crippen molar-refractivity contribution >= 4 is 40.0 Å². The van der Waals surface area contributed by atoms with Crippen LogP contribution < -0.4 is 16.1 Å². The van der Waals surface area contributed by atoms with E-state index in [0.29, 0.717) is 17.3 Å². The van der Waals surface area contributed by atoms with Gasteiger partial charge in [0, 0.05) is 40.1 Å². The number of aromatic nitrogens is 4. The quantitative estimate of drug-likeness (QED) is 0.369. The van der Waals surface area contributed by atoms with Crippen molar-refractivity contribution in [3.8, 4) is 32.7 Å². The van der Waals surface area contributed by atoms with E-state index in [1.54, 1.807) is 12.3 Å². The van der Waals surface area contributed by atoms with Gasteiger partial charge in [-0.25, -0.2) is 9.67 Å². The molecule has 3 heterocycles. The highest BCUT2D eigenvalue weighted by molar-refractivity contribution is 9.10. The average molecular weight is 541 g/mol. The maximum atomic E-state index is 12.3. The summed E-state index contributed by atoms with van der Waals surface area (Å²) in [5.74, 6) is 5.28. The Morgan fingerprint density at radius 2 is 2.15 bits per heavy atom. The molecule has 1 amide bonds. The Morgan fingerprint density at radius 1 is 1.32 bits per heavy atom. The minimum absolute atomic E-state index is 0.118. The summed E-state index contributed by atoms with van der Waals surface area (Å²) >= 11 is 5.05. The zero-order valence-electron chi connectivity index (χ0n) is 18.2. The molecule has 0 spiro atoms. The van der Waals surface area contributed by atoms with E-state index in [9.17, 15) is 4.79 Å². The fourth-order valence-corrected chi connectivity index (χ4v) is 5.39. The van der Waals surface area contributed by atoms with Crippen LogP contribution in [0.1, 0.15) is 28.5 Å². The molecular formula is C23H21BrN6O3S. The SMILES string of the molecule is C=O.CCNC(=O)c1ccc(-n2nc(-c3cccnc3)c3c2-c2sc(ON)nc2CC3)c(Br)c1. The number of fused-ring (bicyclic) bond motifs is 3. The number of amides is 1. The molecule has 11 heteroatoms. The van der Waals surface area contributed by atoms with Gasteiger partial charge in [-0.2, -0.15) is 11.0 Å². The standard InChI is InChI=1S/C22H19BrN6O2S.CH2O/c1-2-26-21(30)12-5-8-17(15(23)10-12)29-19-14(18(28-29)13-4-3-9-25-11-13)6-7-16-20(19)32-22(27-16)31-24;1-2/h3-5,8-11H,2,6-7,24H2,1H3,(H,26,30);1H2. The van der Waals surface area contributed by atoms with Crippen LogP contribution in [-0.4, -0.2) is 39.0 Å². The molecule has 0 aliphatic heterocycles. The molecule has 0 atom stereocenters. The van der Waals surface area contributed by atoms with E-state index >= 15 is 0 Å². The summed E-state index contributed by atoms with van der Waals surface area (Å²) < 4.78 is 2.66. The van der Waals surface area contributed by atoms with E-state index in [4.69, 9.17) is 20.6 Å². The van der Waals surface area contributed by atoms with Gasteiger partial charge < -0.3 is 14.9 Å². The number of benzene rings is 1. The number of hydrogen-bond donors (Lipinski definition) is 2. The molecule has 0 radical (unpaired) electrons. The second kappa shape index (κ2) is 10.2. The molecule has 1 aliphatic carbocycles. The molecule has 4 aromatic rings. The van der Waals surface area contributed by atoms with E-state index in [1.807, 2.05) is 48.9 Å². The maximum Gasteiger partial charge on any atom is 0.294 e. The van der Waals surface area contributed by atoms with Crippen LogP contribution >= 0.6 is 27.3 Å². The van der Waals surface area contributed by atoms with Crippen molar-refractivity contribution in [1.29, 1.82) is 0 Å². The number of pyridine rings is 1. The van der Waals surface area contributed by atoms with Gasteiger partial charge in [0.05, 0.1) is 27.6 Å². The first-order valence-corrected chi connectivity index (χ1v) is 12.0. The number of halogens is 1. The van der Waals surface area contributed by atoms with Crippen molar-refractivity contribution in [3.63, 3.8) is 0 Å². The van der Waals surface area contributed by atoms with Crippen LogP contribution in [0.15, 0.2) is 47.2 Å². The Balaban J connectivity index is 0.00000133. The van der Waals surface area contributed by atoms with Crippen molar-refractivity contribution in [2.75, 3.05) is 6.54 Å². The Kier molecular flexibility index (Phi) is 7.15. The minimum Gasteiger partial charge on any atom is -0.380 e. The van der Waals surface area contributed by atoms with Gasteiger partial charge in [-0.1, -0.05) is 11.3 Å². The van der Waals surface area contributed by atoms with Gasteiger partial charge in [0.25, 0.3) is 11.1 Å². The number of nitrogens with zero attached hydrogens (tertiary/aromatic N) is 4. The Hall–Kier alpha value is -3.41. The van der Waals surface area contributed by atoms with Gasteiger partial charge in [-0.05, 0) is 66.0 Å². The predicted octanol–water partition coefficient (Wildman–Crippen LogP) is 3.74. The molecule has 1 aliphatic rings. The normalized spacial score (nSPS) is 11.6. The number of rotatable bonds is 5. The van der Waals surface area contributed by atoms with E-state index in [0.717, 1.165) is 56.1 Å². The molecular weight excluding hydrogens is 520 g/mol. The van der Waals surface area contributed by atoms with Gasteiger partial charge in [0.1, 0.15) is 6.79 Å². The molecule has 0 unspecified atom stereocenters. The average Bonchev–Trinajstić information content (AvgIpc) is 3.47. The smallest absolute Gasteiger partial charge is 0.294 e. The van der Waals surface area contributed by atoms with Crippen LogP contribution in [0.25, 0.3) is 27.5 Å². The molecule has 3 aromatic heterocycles. The van der Waals surface area contributed by atoms with Crippen LogP contribution in [-0.2, 0) is 17.6 Å². The molecule has 174 valence electrons. The summed E-state index contributed by atoms with van der Waals surface area (Å²) in [6.45, 7) is 4.46. The number of hydrogen-bond acceptors (Lipinski definition) is 8. The summed E-state index contributed by atoms with van der Waals surface area (Å²) in [5, 5.41) is 8.24. The fourth-order valence-electron chi connectivity index (χ4n) is 3.89. The lowest BCUT2D eigenvalue weighted by Gasteiger charge is -2.15. The van der Waals surface area contributed by atoms with Crippen molar-refractivity contribution in [3.05, 3.63) is 64.0 Å². The molecule has 0 fully saturated rings. The Labute approximate surface area is 208 Å². The van der Waals surface area contributed by atoms with Crippen LogP contribution in [0.2, 0.25) is 0 Å². The van der Waals surface area contributed by atoms with Gasteiger partial charge in [-0.3, -0.25) is 9.78 Å². The molecule has 0 saturated heterocycles. The summed E-state index contributed by atoms with van der Waals surface area (Å²) in [5.41, 5.74) is 6.24. The minimum atomic E-state index is -0.118. The first-order chi connectivity index (χ1) is 16.6. The lowest BCUT2D eigenvalue weighted by molar-refractivity contribution is -0.0980. The summed E-state index contributed by atoms with van der Waals surface area (Å²) in [4.78, 5) is 35.0. The molecule has 0 bridgehead atoms. The van der Waals surface area contributed by atoms with Crippen molar-refractivity contribution in [1.82, 2.24) is 25.1 Å². The largest absolute Gasteiger partial charge is 0.380 e. The highest BCUT2D eigenvalue weighted by atomic mass is 79.9. The van der Waals surface area contributed by atoms with E-state index in [1.165, 1.54) is 11.3 Å². The fraction of sp³-hybridized carbons (Fsp3) is 0.174. The number of nitrogens with one attached hydrogen (secondary N) is 1. The number of nitrogens with two attached hydrogens (primary N) is 1. The van der Waals surface area contributed by atoms with Crippen LogP contribution in [0.5, 0.6) is 5.19 Å². The number of aryl methyl sites for hydroxylation is 1. The van der Waals surface area contributed by atoms with E-state index < -0.39 is 0 Å². The second-order valence-electron chi connectivity index (χ2n) is 7.23. The highest BCUT2D eigenvalue weighted by Crippen LogP contribution is 2.45. The van der Waals surface area contributed by atoms with Crippen molar-refractivity contribution in [2.45, 2.75) is 19.8 Å². The van der Waals surface area contributed by atoms with Gasteiger partial charge in [0.15, 0.2) is 0 Å². The van der Waals surface area contributed by atoms with Gasteiger partial charge in [0.2, 0.25) is 0 Å². The highest BCUT2D eigenvalue weighted by Gasteiger charge is 2.30. The zero-order chi connectivity index (χ0) is 24.2. The monoisotopic (exact) mass is 540 g/mol. The predicted molar refractivity (Wildman–Crippen MR) is 133 cm³/mol. The van der Waals surface area contributed by atoms with Crippen molar-refractivity contribution in [2.24, 2.45) is 5.90 Å². The van der Waals surface area contributed by atoms with Gasteiger partial charge in [-0.15, -0.1) is 0 Å². The molecule has 0 saturated carbocycles. The molecule has 9 nitrogen and oxygen atoms in total. The lowest BCUT2D eigenvalue weighted by atomic mass is 9.95. The van der Waals surface area contributed by atoms with Crippen LogP contribution in [0.4, 0.5) is 0 Å². The van der Waals surface area contributed by atoms with E-state index in [2.05, 4.69) is 31.2 Å². The third-order valence-corrected chi connectivity index (χ3v) is 6.93. The lowest BCUT2D eigenvalue weighted by Crippen LogP contribution is -2.22. The third kappa shape index (κ3) is 4.25. The number of carbonyl (C=O) groups is 2. The van der Waals surface area contributed by atoms with E-state index in [-0.39, 0.29) is 5.91 Å². The Morgan fingerprint density at radius 3 is 2.82 bits per heavy atom. The first kappa shape index (κ1) is 23.7. The molecule has 34 heavy (non-hydrogen) atoms. The second-order valence-corrected chi connectivity index (χ2v) is 9.04. The number of thiazole rings is 1.